The molecule has 0 radical (unpaired) electrons. The molecule has 0 unspecified atom stereocenters. The summed E-state index contributed by atoms with van der Waals surface area (Å²) in [6.07, 6.45) is 5.48. The summed E-state index contributed by atoms with van der Waals surface area (Å²) in [6, 6.07) is 8.19. The fourth-order valence-electron chi connectivity index (χ4n) is 3.36. The number of pyridine rings is 1. The number of nitrogen functional groups attached to an aromatic ring is 1. The molecule has 1 aliphatic rings. The molecular weight excluding hydrogens is 332 g/mol. The molecule has 0 amide bonds. The quantitative estimate of drug-likeness (QED) is 0.729. The predicted molar refractivity (Wildman–Crippen MR) is 97.8 cm³/mol. The Morgan fingerprint density at radius 3 is 2.81 bits per heavy atom. The van der Waals surface area contributed by atoms with E-state index in [1.54, 1.807) is 12.3 Å². The Bertz CT molecular complexity index is 961. The van der Waals surface area contributed by atoms with E-state index in [0.29, 0.717) is 6.04 Å². The first-order chi connectivity index (χ1) is 12.7. The molecule has 1 aromatic carbocycles. The Morgan fingerprint density at radius 2 is 2.04 bits per heavy atom. The van der Waals surface area contributed by atoms with E-state index in [2.05, 4.69) is 20.8 Å². The highest BCUT2D eigenvalue weighted by Gasteiger charge is 2.19. The van der Waals surface area contributed by atoms with Crippen molar-refractivity contribution in [1.82, 2.24) is 14.8 Å². The number of hydrogen-bond acceptors (Lipinski definition) is 6. The molecule has 7 heteroatoms. The lowest BCUT2D eigenvalue weighted by Crippen LogP contribution is -2.20. The van der Waals surface area contributed by atoms with Gasteiger partial charge in [0.2, 0.25) is 0 Å². The van der Waals surface area contributed by atoms with Gasteiger partial charge in [-0.3, -0.25) is 4.68 Å². The summed E-state index contributed by atoms with van der Waals surface area (Å²) < 4.78 is 12.3. The van der Waals surface area contributed by atoms with Gasteiger partial charge in [-0.2, -0.15) is 5.10 Å². The van der Waals surface area contributed by atoms with Gasteiger partial charge < -0.3 is 15.2 Å². The Labute approximate surface area is 150 Å². The molecule has 2 aromatic heterocycles. The number of carbonyl (C=O) groups excluding carboxylic acids is 1. The van der Waals surface area contributed by atoms with Gasteiger partial charge in [-0.05, 0) is 36.6 Å². The monoisotopic (exact) mass is 352 g/mol. The zero-order valence-electron chi connectivity index (χ0n) is 14.5. The molecule has 3 aromatic rings. The van der Waals surface area contributed by atoms with Crippen LogP contribution in [0.15, 0.2) is 36.7 Å². The minimum absolute atomic E-state index is 0.161. The smallest absolute Gasteiger partial charge is 0.341 e. The molecule has 134 valence electrons. The number of carbonyl (C=O) groups is 1. The number of hydrogen-bond donors (Lipinski definition) is 1. The lowest BCUT2D eigenvalue weighted by molar-refractivity contribution is 0.0601. The maximum absolute atomic E-state index is 11.8. The van der Waals surface area contributed by atoms with Crippen LogP contribution >= 0.6 is 0 Å². The maximum atomic E-state index is 11.8. The molecule has 2 N–H and O–H groups in total. The Kier molecular flexibility index (Phi) is 4.30. The van der Waals surface area contributed by atoms with E-state index >= 15 is 0 Å². The first-order valence-electron chi connectivity index (χ1n) is 8.56. The van der Waals surface area contributed by atoms with E-state index in [-0.39, 0.29) is 11.4 Å². The van der Waals surface area contributed by atoms with Crippen LogP contribution in [0.25, 0.3) is 22.0 Å². The highest BCUT2D eigenvalue weighted by Crippen LogP contribution is 2.29. The topological polar surface area (TPSA) is 92.3 Å². The number of methoxy groups -OCH3 is 1. The SMILES string of the molecule is COC(=O)c1cc(-c2ccc3c(cnn3C3CCOCC3)c2)cnc1N. The van der Waals surface area contributed by atoms with Crippen LogP contribution < -0.4 is 5.73 Å². The first-order valence-corrected chi connectivity index (χ1v) is 8.56. The molecule has 0 atom stereocenters. The molecule has 26 heavy (non-hydrogen) atoms. The molecule has 7 nitrogen and oxygen atoms in total. The number of nitrogens with zero attached hydrogens (tertiary/aromatic N) is 3. The molecule has 1 saturated heterocycles. The Balaban J connectivity index is 1.71. The summed E-state index contributed by atoms with van der Waals surface area (Å²) in [7, 11) is 1.32. The molecule has 0 saturated carbocycles. The van der Waals surface area contributed by atoms with Gasteiger partial charge in [0.25, 0.3) is 0 Å². The van der Waals surface area contributed by atoms with Crippen molar-refractivity contribution in [3.8, 4) is 11.1 Å². The third-order valence-electron chi connectivity index (χ3n) is 4.79. The molecule has 1 fully saturated rings. The third-order valence-corrected chi connectivity index (χ3v) is 4.79. The number of benzene rings is 1. The number of aromatic nitrogens is 3. The number of ether oxygens (including phenoxy) is 2. The van der Waals surface area contributed by atoms with Crippen molar-refractivity contribution in [1.29, 1.82) is 0 Å². The minimum atomic E-state index is -0.495. The van der Waals surface area contributed by atoms with Crippen LogP contribution in [-0.4, -0.2) is 41.1 Å². The number of nitrogens with two attached hydrogens (primary N) is 1. The standard InChI is InChI=1S/C19H20N4O3/c1-25-19(24)16-9-13(10-21-18(16)20)12-2-3-17-14(8-12)11-22-23(17)15-4-6-26-7-5-15/h2-3,8-11,15H,4-7H2,1H3,(H2,20,21). The average Bonchev–Trinajstić information content (AvgIpc) is 3.11. The Morgan fingerprint density at radius 1 is 1.23 bits per heavy atom. The van der Waals surface area contributed by atoms with Crippen LogP contribution in [0, 0.1) is 0 Å². The van der Waals surface area contributed by atoms with Crippen molar-refractivity contribution in [2.45, 2.75) is 18.9 Å². The van der Waals surface area contributed by atoms with E-state index in [1.807, 2.05) is 18.3 Å². The van der Waals surface area contributed by atoms with E-state index in [0.717, 1.165) is 48.1 Å². The zero-order chi connectivity index (χ0) is 18.1. The van der Waals surface area contributed by atoms with Gasteiger partial charge in [0, 0.05) is 30.4 Å². The van der Waals surface area contributed by atoms with Gasteiger partial charge >= 0.3 is 5.97 Å². The Hall–Kier alpha value is -2.93. The van der Waals surface area contributed by atoms with Crippen LogP contribution in [-0.2, 0) is 9.47 Å². The molecule has 0 spiro atoms. The first kappa shape index (κ1) is 16.5. The highest BCUT2D eigenvalue weighted by atomic mass is 16.5. The summed E-state index contributed by atoms with van der Waals surface area (Å²) in [5.74, 6) is -0.334. The van der Waals surface area contributed by atoms with Crippen LogP contribution in [0.4, 0.5) is 5.82 Å². The summed E-state index contributed by atoms with van der Waals surface area (Å²) in [6.45, 7) is 1.55. The lowest BCUT2D eigenvalue weighted by Gasteiger charge is -2.23. The number of fused-ring (bicyclic) bond motifs is 1. The van der Waals surface area contributed by atoms with Crippen molar-refractivity contribution >= 4 is 22.7 Å². The second-order valence-corrected chi connectivity index (χ2v) is 6.35. The van der Waals surface area contributed by atoms with E-state index in [1.165, 1.54) is 7.11 Å². The molecule has 1 aliphatic heterocycles. The lowest BCUT2D eigenvalue weighted by atomic mass is 10.0. The van der Waals surface area contributed by atoms with Gasteiger partial charge in [-0.1, -0.05) is 6.07 Å². The van der Waals surface area contributed by atoms with Crippen LogP contribution in [0.2, 0.25) is 0 Å². The van der Waals surface area contributed by atoms with Crippen molar-refractivity contribution < 1.29 is 14.3 Å². The minimum Gasteiger partial charge on any atom is -0.465 e. The van der Waals surface area contributed by atoms with E-state index < -0.39 is 5.97 Å². The van der Waals surface area contributed by atoms with E-state index in [9.17, 15) is 4.79 Å². The second-order valence-electron chi connectivity index (χ2n) is 6.35. The number of anilines is 1. The number of esters is 1. The van der Waals surface area contributed by atoms with Crippen molar-refractivity contribution in [3.63, 3.8) is 0 Å². The average molecular weight is 352 g/mol. The second kappa shape index (κ2) is 6.76. The van der Waals surface area contributed by atoms with Crippen LogP contribution in [0.1, 0.15) is 29.2 Å². The van der Waals surface area contributed by atoms with Crippen LogP contribution in [0.5, 0.6) is 0 Å². The number of rotatable bonds is 3. The summed E-state index contributed by atoms with van der Waals surface area (Å²) >= 11 is 0. The fraction of sp³-hybridized carbons (Fsp3) is 0.316. The summed E-state index contributed by atoms with van der Waals surface area (Å²) in [5, 5.41) is 5.62. The van der Waals surface area contributed by atoms with Gasteiger partial charge in [-0.25, -0.2) is 9.78 Å². The molecule has 4 rings (SSSR count). The molecule has 3 heterocycles. The largest absolute Gasteiger partial charge is 0.465 e. The van der Waals surface area contributed by atoms with Gasteiger partial charge in [0.15, 0.2) is 0 Å². The van der Waals surface area contributed by atoms with Crippen molar-refractivity contribution in [2.75, 3.05) is 26.1 Å². The van der Waals surface area contributed by atoms with Gasteiger partial charge in [0.1, 0.15) is 11.4 Å². The van der Waals surface area contributed by atoms with Gasteiger partial charge in [-0.15, -0.1) is 0 Å². The van der Waals surface area contributed by atoms with E-state index in [4.69, 9.17) is 15.2 Å². The maximum Gasteiger partial charge on any atom is 0.341 e. The molecule has 0 aliphatic carbocycles. The molecule has 0 bridgehead atoms. The van der Waals surface area contributed by atoms with Crippen LogP contribution in [0.3, 0.4) is 0 Å². The highest BCUT2D eigenvalue weighted by molar-refractivity contribution is 5.96. The zero-order valence-corrected chi connectivity index (χ0v) is 14.5. The predicted octanol–water partition coefficient (Wildman–Crippen LogP) is 2.82. The summed E-state index contributed by atoms with van der Waals surface area (Å²) in [5.41, 5.74) is 8.90. The summed E-state index contributed by atoms with van der Waals surface area (Å²) in [4.78, 5) is 16.0. The van der Waals surface area contributed by atoms with Crippen molar-refractivity contribution in [3.05, 3.63) is 42.2 Å². The van der Waals surface area contributed by atoms with Gasteiger partial charge in [0.05, 0.1) is 24.9 Å². The third kappa shape index (κ3) is 2.90. The normalized spacial score (nSPS) is 15.3. The fourth-order valence-corrected chi connectivity index (χ4v) is 3.36. The molecular formula is C19H20N4O3. The van der Waals surface area contributed by atoms with Crippen molar-refractivity contribution in [2.24, 2.45) is 0 Å².